The van der Waals surface area contributed by atoms with E-state index in [1.54, 1.807) is 17.4 Å². The molecule has 1 aromatic carbocycles. The monoisotopic (exact) mass is 326 g/mol. The summed E-state index contributed by atoms with van der Waals surface area (Å²) in [6.45, 7) is 1.06. The third-order valence-electron chi connectivity index (χ3n) is 3.74. The molecule has 1 aromatic heterocycles. The zero-order chi connectivity index (χ0) is 13.9. The molecule has 1 heterocycles. The van der Waals surface area contributed by atoms with Gasteiger partial charge in [-0.05, 0) is 30.9 Å². The molecule has 2 nitrogen and oxygen atoms in total. The molecule has 0 amide bonds. The summed E-state index contributed by atoms with van der Waals surface area (Å²) in [7, 11) is 0. The predicted molar refractivity (Wildman–Crippen MR) is 86.0 cm³/mol. The van der Waals surface area contributed by atoms with Crippen molar-refractivity contribution in [3.63, 3.8) is 0 Å². The lowest BCUT2D eigenvalue weighted by molar-refractivity contribution is 0.451. The normalized spacial score (nSPS) is 17.0. The summed E-state index contributed by atoms with van der Waals surface area (Å²) in [5.41, 5.74) is 0.738. The fourth-order valence-corrected chi connectivity index (χ4v) is 3.77. The number of hydrogen-bond donors (Lipinski definition) is 0. The summed E-state index contributed by atoms with van der Waals surface area (Å²) in [5, 5.41) is 3.15. The Balaban J connectivity index is 1.91. The van der Waals surface area contributed by atoms with Crippen molar-refractivity contribution in [2.24, 2.45) is 10.9 Å². The number of halogens is 2. The highest BCUT2D eigenvalue weighted by molar-refractivity contribution is 7.07. The van der Waals surface area contributed by atoms with Crippen LogP contribution in [-0.2, 0) is 6.54 Å². The number of thiazole rings is 1. The molecule has 0 saturated heterocycles. The van der Waals surface area contributed by atoms with Crippen LogP contribution in [0.15, 0.2) is 34.8 Å². The molecule has 0 radical (unpaired) electrons. The molecule has 106 valence electrons. The Morgan fingerprint density at radius 2 is 2.05 bits per heavy atom. The van der Waals surface area contributed by atoms with E-state index in [4.69, 9.17) is 23.2 Å². The predicted octanol–water partition coefficient (Wildman–Crippen LogP) is 5.28. The lowest BCUT2D eigenvalue weighted by Crippen LogP contribution is -2.18. The minimum Gasteiger partial charge on any atom is -0.323 e. The van der Waals surface area contributed by atoms with Gasteiger partial charge in [0.05, 0.1) is 15.7 Å². The van der Waals surface area contributed by atoms with Gasteiger partial charge in [0.25, 0.3) is 0 Å². The molecule has 2 aromatic rings. The van der Waals surface area contributed by atoms with E-state index in [0.29, 0.717) is 10.0 Å². The summed E-state index contributed by atoms with van der Waals surface area (Å²) in [4.78, 5) is 5.66. The van der Waals surface area contributed by atoms with Crippen LogP contribution in [0, 0.1) is 5.92 Å². The van der Waals surface area contributed by atoms with Gasteiger partial charge in [0.2, 0.25) is 0 Å². The molecule has 1 saturated carbocycles. The van der Waals surface area contributed by atoms with Gasteiger partial charge in [0.1, 0.15) is 0 Å². The quantitative estimate of drug-likeness (QED) is 0.730. The van der Waals surface area contributed by atoms with Crippen molar-refractivity contribution < 1.29 is 0 Å². The highest BCUT2D eigenvalue weighted by atomic mass is 35.5. The molecular weight excluding hydrogens is 311 g/mol. The maximum Gasteiger partial charge on any atom is 0.189 e. The van der Waals surface area contributed by atoms with Crippen LogP contribution in [0.2, 0.25) is 10.0 Å². The Labute approximate surface area is 132 Å². The number of benzene rings is 1. The first-order valence-electron chi connectivity index (χ1n) is 6.87. The number of aromatic nitrogens is 1. The van der Waals surface area contributed by atoms with Crippen molar-refractivity contribution in [2.45, 2.75) is 32.2 Å². The van der Waals surface area contributed by atoms with E-state index in [1.807, 2.05) is 12.1 Å². The Morgan fingerprint density at radius 3 is 2.85 bits per heavy atom. The van der Waals surface area contributed by atoms with E-state index in [-0.39, 0.29) is 0 Å². The average Bonchev–Trinajstić information content (AvgIpc) is 3.08. The molecule has 1 aliphatic carbocycles. The maximum absolute atomic E-state index is 6.20. The van der Waals surface area contributed by atoms with Crippen molar-refractivity contribution in [1.29, 1.82) is 0 Å². The second-order valence-electron chi connectivity index (χ2n) is 5.17. The molecule has 0 spiro atoms. The molecule has 0 bridgehead atoms. The second kappa shape index (κ2) is 6.33. The minimum absolute atomic E-state index is 0.523. The van der Waals surface area contributed by atoms with Gasteiger partial charge in [0.15, 0.2) is 4.80 Å². The third-order valence-corrected chi connectivity index (χ3v) is 5.34. The van der Waals surface area contributed by atoms with Crippen LogP contribution < -0.4 is 4.80 Å². The Kier molecular flexibility index (Phi) is 4.49. The fourth-order valence-electron chi connectivity index (χ4n) is 2.68. The lowest BCUT2D eigenvalue weighted by Gasteiger charge is -2.09. The SMILES string of the molecule is Clc1cccc(N=c2sccn2CC2CCCC2)c1Cl. The molecule has 0 N–H and O–H groups in total. The molecule has 0 aliphatic heterocycles. The van der Waals surface area contributed by atoms with Crippen LogP contribution in [0.1, 0.15) is 25.7 Å². The molecule has 5 heteroatoms. The smallest absolute Gasteiger partial charge is 0.189 e. The van der Waals surface area contributed by atoms with Crippen LogP contribution in [-0.4, -0.2) is 4.57 Å². The lowest BCUT2D eigenvalue weighted by atomic mass is 10.1. The summed E-state index contributed by atoms with van der Waals surface area (Å²) < 4.78 is 2.23. The average molecular weight is 327 g/mol. The minimum atomic E-state index is 0.523. The van der Waals surface area contributed by atoms with E-state index in [9.17, 15) is 0 Å². The molecule has 1 fully saturated rings. The molecular formula is C15H16Cl2N2S. The van der Waals surface area contributed by atoms with Gasteiger partial charge < -0.3 is 4.57 Å². The van der Waals surface area contributed by atoms with Crippen molar-refractivity contribution >= 4 is 40.2 Å². The van der Waals surface area contributed by atoms with E-state index >= 15 is 0 Å². The van der Waals surface area contributed by atoms with Gasteiger partial charge in [-0.15, -0.1) is 11.3 Å². The summed E-state index contributed by atoms with van der Waals surface area (Å²) in [6.07, 6.45) is 7.50. The number of hydrogen-bond acceptors (Lipinski definition) is 2. The van der Waals surface area contributed by atoms with Crippen molar-refractivity contribution in [3.8, 4) is 0 Å². The first-order chi connectivity index (χ1) is 9.74. The zero-order valence-electron chi connectivity index (χ0n) is 11.1. The molecule has 1 aliphatic rings. The van der Waals surface area contributed by atoms with Crippen LogP contribution in [0.25, 0.3) is 0 Å². The highest BCUT2D eigenvalue weighted by Crippen LogP contribution is 2.31. The Hall–Kier alpha value is -0.770. The van der Waals surface area contributed by atoms with Gasteiger partial charge >= 0.3 is 0 Å². The summed E-state index contributed by atoms with van der Waals surface area (Å²) in [5.74, 6) is 0.790. The zero-order valence-corrected chi connectivity index (χ0v) is 13.4. The van der Waals surface area contributed by atoms with E-state index in [0.717, 1.165) is 23.0 Å². The second-order valence-corrected chi connectivity index (χ2v) is 6.83. The summed E-state index contributed by atoms with van der Waals surface area (Å²) >= 11 is 13.9. The first-order valence-corrected chi connectivity index (χ1v) is 8.50. The molecule has 3 rings (SSSR count). The molecule has 20 heavy (non-hydrogen) atoms. The summed E-state index contributed by atoms with van der Waals surface area (Å²) in [6, 6.07) is 5.56. The largest absolute Gasteiger partial charge is 0.323 e. The van der Waals surface area contributed by atoms with Gasteiger partial charge in [-0.3, -0.25) is 0 Å². The van der Waals surface area contributed by atoms with Crippen molar-refractivity contribution in [2.75, 3.05) is 0 Å². The van der Waals surface area contributed by atoms with Gasteiger partial charge in [-0.1, -0.05) is 42.1 Å². The van der Waals surface area contributed by atoms with Crippen molar-refractivity contribution in [1.82, 2.24) is 4.57 Å². The van der Waals surface area contributed by atoms with Crippen LogP contribution >= 0.6 is 34.5 Å². The number of rotatable bonds is 3. The van der Waals surface area contributed by atoms with E-state index in [1.165, 1.54) is 25.7 Å². The van der Waals surface area contributed by atoms with Crippen LogP contribution in [0.5, 0.6) is 0 Å². The topological polar surface area (TPSA) is 17.3 Å². The molecule has 0 atom stereocenters. The highest BCUT2D eigenvalue weighted by Gasteiger charge is 2.15. The standard InChI is InChI=1S/C15H16Cl2N2S/c16-12-6-3-7-13(14(12)17)18-15-19(8-9-20-15)10-11-4-1-2-5-11/h3,6-9,11H,1-2,4-5,10H2. The maximum atomic E-state index is 6.20. The van der Waals surface area contributed by atoms with Gasteiger partial charge in [-0.2, -0.15) is 0 Å². The molecule has 0 unspecified atom stereocenters. The van der Waals surface area contributed by atoms with Crippen molar-refractivity contribution in [3.05, 3.63) is 44.6 Å². The number of nitrogens with zero attached hydrogens (tertiary/aromatic N) is 2. The van der Waals surface area contributed by atoms with Crippen LogP contribution in [0.3, 0.4) is 0 Å². The van der Waals surface area contributed by atoms with E-state index in [2.05, 4.69) is 21.1 Å². The first kappa shape index (κ1) is 14.2. The van der Waals surface area contributed by atoms with E-state index < -0.39 is 0 Å². The van der Waals surface area contributed by atoms with Gasteiger partial charge in [-0.25, -0.2) is 4.99 Å². The Morgan fingerprint density at radius 1 is 1.25 bits per heavy atom. The Bertz CT molecular complexity index is 654. The third kappa shape index (κ3) is 3.11. The van der Waals surface area contributed by atoms with Crippen LogP contribution in [0.4, 0.5) is 5.69 Å². The van der Waals surface area contributed by atoms with Gasteiger partial charge in [0, 0.05) is 18.1 Å². The fraction of sp³-hybridized carbons (Fsp3) is 0.400.